The Morgan fingerprint density at radius 1 is 1.12 bits per heavy atom. The van der Waals surface area contributed by atoms with Crippen molar-refractivity contribution in [3.8, 4) is 0 Å². The first-order valence-electron chi connectivity index (χ1n) is 14.3. The van der Waals surface area contributed by atoms with Gasteiger partial charge < -0.3 is 29.7 Å². The molecule has 1 saturated carbocycles. The van der Waals surface area contributed by atoms with Gasteiger partial charge in [-0.25, -0.2) is 14.4 Å². The lowest BCUT2D eigenvalue weighted by molar-refractivity contribution is 0.0628. The van der Waals surface area contributed by atoms with E-state index < -0.39 is 0 Å². The fourth-order valence-corrected chi connectivity index (χ4v) is 5.96. The number of nitrogens with zero attached hydrogens (tertiary/aromatic N) is 7. The molecule has 2 aliphatic heterocycles. The molecule has 41 heavy (non-hydrogen) atoms. The van der Waals surface area contributed by atoms with E-state index in [1.54, 1.807) is 25.6 Å². The van der Waals surface area contributed by atoms with Crippen LogP contribution in [0.2, 0.25) is 0 Å². The van der Waals surface area contributed by atoms with Crippen LogP contribution in [-0.2, 0) is 4.74 Å². The Kier molecular flexibility index (Phi) is 7.60. The van der Waals surface area contributed by atoms with E-state index in [1.165, 1.54) is 6.07 Å². The number of methoxy groups -OCH3 is 1. The third-order valence-electron chi connectivity index (χ3n) is 8.54. The number of amides is 1. The molecule has 0 bridgehead atoms. The number of piperidine rings is 1. The fraction of sp³-hybridized carbons (Fsp3) is 0.552. The lowest BCUT2D eigenvalue weighted by atomic mass is 9.93. The molecule has 2 N–H and O–H groups in total. The predicted molar refractivity (Wildman–Crippen MR) is 150 cm³/mol. The Labute approximate surface area is 238 Å². The van der Waals surface area contributed by atoms with Crippen molar-refractivity contribution in [2.75, 3.05) is 43.1 Å². The summed E-state index contributed by atoms with van der Waals surface area (Å²) in [5, 5.41) is 4.03. The molecule has 1 aliphatic carbocycles. The van der Waals surface area contributed by atoms with E-state index >= 15 is 0 Å². The Bertz CT molecular complexity index is 1370. The molecule has 3 fully saturated rings. The van der Waals surface area contributed by atoms with Crippen molar-refractivity contribution >= 4 is 17.9 Å². The van der Waals surface area contributed by atoms with Crippen LogP contribution < -0.4 is 15.5 Å². The van der Waals surface area contributed by atoms with Gasteiger partial charge in [0.05, 0.1) is 5.56 Å². The molecule has 12 heteroatoms. The standard InChI is InChI=1S/C29H37FN8O3/c1-17-4-7-24(30)22(12-17)23-15-37(16-25(23)31)28-32-13-19(14-33-28)27(39)38(20-5-6-20)21-8-10-36(11-9-21)29-34-26(35-41-29)18(2)40-3/h4,7,12-14,18,20-21,23,25H,5-6,8-11,15-16,31H2,1-3H3/t18-,23+,25-/m0/s1. The van der Waals surface area contributed by atoms with Crippen LogP contribution in [-0.4, -0.2) is 82.3 Å². The van der Waals surface area contributed by atoms with E-state index in [1.807, 2.05) is 29.7 Å². The zero-order valence-corrected chi connectivity index (χ0v) is 23.7. The topological polar surface area (TPSA) is 127 Å². The van der Waals surface area contributed by atoms with Gasteiger partial charge in [-0.2, -0.15) is 4.98 Å². The third-order valence-corrected chi connectivity index (χ3v) is 8.54. The summed E-state index contributed by atoms with van der Waals surface area (Å²) in [6.07, 6.45) is 6.62. The molecule has 0 spiro atoms. The van der Waals surface area contributed by atoms with Crippen LogP contribution in [0.1, 0.15) is 71.9 Å². The van der Waals surface area contributed by atoms with Gasteiger partial charge in [0.25, 0.3) is 5.91 Å². The van der Waals surface area contributed by atoms with Gasteiger partial charge >= 0.3 is 6.01 Å². The highest BCUT2D eigenvalue weighted by Gasteiger charge is 2.40. The zero-order chi connectivity index (χ0) is 28.7. The van der Waals surface area contributed by atoms with Crippen LogP contribution in [0, 0.1) is 12.7 Å². The number of carbonyl (C=O) groups is 1. The molecule has 2 aromatic heterocycles. The molecule has 3 atom stereocenters. The van der Waals surface area contributed by atoms with Crippen LogP contribution >= 0.6 is 0 Å². The van der Waals surface area contributed by atoms with Crippen LogP contribution in [0.3, 0.4) is 0 Å². The predicted octanol–water partition coefficient (Wildman–Crippen LogP) is 3.22. The molecule has 0 radical (unpaired) electrons. The number of aromatic nitrogens is 4. The van der Waals surface area contributed by atoms with Crippen molar-refractivity contribution in [3.05, 3.63) is 58.9 Å². The van der Waals surface area contributed by atoms with Crippen LogP contribution in [0.15, 0.2) is 35.1 Å². The largest absolute Gasteiger partial charge is 0.374 e. The quantitative estimate of drug-likeness (QED) is 0.436. The van der Waals surface area contributed by atoms with Crippen molar-refractivity contribution in [1.82, 2.24) is 25.0 Å². The highest BCUT2D eigenvalue weighted by Crippen LogP contribution is 2.35. The number of hydrogen-bond acceptors (Lipinski definition) is 10. The van der Waals surface area contributed by atoms with Crippen LogP contribution in [0.25, 0.3) is 0 Å². The van der Waals surface area contributed by atoms with Gasteiger partial charge in [-0.3, -0.25) is 4.79 Å². The molecular formula is C29H37FN8O3. The lowest BCUT2D eigenvalue weighted by Gasteiger charge is -2.38. The molecule has 11 nitrogen and oxygen atoms in total. The van der Waals surface area contributed by atoms with E-state index in [-0.39, 0.29) is 41.9 Å². The molecule has 3 aliphatic rings. The Balaban J connectivity index is 1.10. The van der Waals surface area contributed by atoms with Gasteiger partial charge in [-0.15, -0.1) is 0 Å². The average Bonchev–Trinajstić information content (AvgIpc) is 3.55. The summed E-state index contributed by atoms with van der Waals surface area (Å²) in [6, 6.07) is 5.74. The summed E-state index contributed by atoms with van der Waals surface area (Å²) in [7, 11) is 1.61. The maximum atomic E-state index is 14.6. The minimum absolute atomic E-state index is 0.0377. The van der Waals surface area contributed by atoms with Gasteiger partial charge in [0, 0.05) is 69.7 Å². The third kappa shape index (κ3) is 5.62. The first-order chi connectivity index (χ1) is 19.8. The van der Waals surface area contributed by atoms with Crippen molar-refractivity contribution < 1.29 is 18.4 Å². The summed E-state index contributed by atoms with van der Waals surface area (Å²) in [4.78, 5) is 33.3. The summed E-state index contributed by atoms with van der Waals surface area (Å²) in [5.41, 5.74) is 8.52. The molecule has 4 heterocycles. The minimum atomic E-state index is -0.242. The zero-order valence-electron chi connectivity index (χ0n) is 23.7. The Hall–Kier alpha value is -3.64. The van der Waals surface area contributed by atoms with E-state index in [4.69, 9.17) is 15.0 Å². The normalized spacial score (nSPS) is 22.3. The Morgan fingerprint density at radius 3 is 2.51 bits per heavy atom. The summed E-state index contributed by atoms with van der Waals surface area (Å²) in [6.45, 7) is 6.30. The highest BCUT2D eigenvalue weighted by atomic mass is 19.1. The van der Waals surface area contributed by atoms with E-state index in [2.05, 4.69) is 25.0 Å². The van der Waals surface area contributed by atoms with Crippen molar-refractivity contribution in [2.24, 2.45) is 5.73 Å². The number of halogens is 1. The lowest BCUT2D eigenvalue weighted by Crippen LogP contribution is -2.48. The van der Waals surface area contributed by atoms with Gasteiger partial charge in [0.2, 0.25) is 11.8 Å². The van der Waals surface area contributed by atoms with Crippen molar-refractivity contribution in [1.29, 1.82) is 0 Å². The van der Waals surface area contributed by atoms with Gasteiger partial charge in [0.1, 0.15) is 11.9 Å². The summed E-state index contributed by atoms with van der Waals surface area (Å²) in [5.74, 6) is 0.591. The summed E-state index contributed by atoms with van der Waals surface area (Å²) < 4.78 is 25.3. The van der Waals surface area contributed by atoms with Crippen molar-refractivity contribution in [3.63, 3.8) is 0 Å². The fourth-order valence-electron chi connectivity index (χ4n) is 5.96. The SMILES string of the molecule is CO[C@@H](C)c1noc(N2CCC(N(C(=O)c3cnc(N4C[C@H](c5cc(C)ccc5F)[C@@H](N)C4)nc3)C3CC3)CC2)n1. The smallest absolute Gasteiger partial charge is 0.324 e. The van der Waals surface area contributed by atoms with Gasteiger partial charge in [-0.1, -0.05) is 22.9 Å². The minimum Gasteiger partial charge on any atom is -0.374 e. The second-order valence-corrected chi connectivity index (χ2v) is 11.4. The Morgan fingerprint density at radius 2 is 1.83 bits per heavy atom. The number of ether oxygens (including phenoxy) is 1. The first-order valence-corrected chi connectivity index (χ1v) is 14.3. The van der Waals surface area contributed by atoms with E-state index in [9.17, 15) is 9.18 Å². The van der Waals surface area contributed by atoms with E-state index in [0.29, 0.717) is 42.0 Å². The number of rotatable bonds is 8. The maximum Gasteiger partial charge on any atom is 0.324 e. The number of benzene rings is 1. The van der Waals surface area contributed by atoms with E-state index in [0.717, 1.165) is 44.3 Å². The monoisotopic (exact) mass is 564 g/mol. The second-order valence-electron chi connectivity index (χ2n) is 11.4. The maximum absolute atomic E-state index is 14.6. The molecule has 0 unspecified atom stereocenters. The second kappa shape index (κ2) is 11.3. The van der Waals surface area contributed by atoms with Crippen LogP contribution in [0.5, 0.6) is 0 Å². The average molecular weight is 565 g/mol. The molecule has 218 valence electrons. The molecular weight excluding hydrogens is 527 g/mol. The van der Waals surface area contributed by atoms with Crippen molar-refractivity contribution in [2.45, 2.75) is 69.7 Å². The molecule has 2 saturated heterocycles. The number of nitrogens with two attached hydrogens (primary N) is 1. The number of hydrogen-bond donors (Lipinski definition) is 1. The van der Waals surface area contributed by atoms with Gasteiger partial charge in [-0.05, 0) is 51.2 Å². The molecule has 6 rings (SSSR count). The van der Waals surface area contributed by atoms with Gasteiger partial charge in [0.15, 0.2) is 0 Å². The summed E-state index contributed by atoms with van der Waals surface area (Å²) >= 11 is 0. The number of aryl methyl sites for hydroxylation is 1. The molecule has 1 amide bonds. The highest BCUT2D eigenvalue weighted by molar-refractivity contribution is 5.94. The molecule has 1 aromatic carbocycles. The first kappa shape index (κ1) is 27.5. The molecule has 3 aromatic rings. The van der Waals surface area contributed by atoms with Crippen LogP contribution in [0.4, 0.5) is 16.4 Å². The number of anilines is 2. The number of carbonyl (C=O) groups excluding carboxylic acids is 1.